The second-order valence-corrected chi connectivity index (χ2v) is 5.55. The summed E-state index contributed by atoms with van der Waals surface area (Å²) in [4.78, 5) is 23.4. The molecular formula is C18H19ClN2O2. The van der Waals surface area contributed by atoms with Crippen LogP contribution < -0.4 is 10.6 Å². The molecular weight excluding hydrogens is 312 g/mol. The van der Waals surface area contributed by atoms with Gasteiger partial charge < -0.3 is 10.6 Å². The van der Waals surface area contributed by atoms with Crippen molar-refractivity contribution in [2.45, 2.75) is 12.3 Å². The van der Waals surface area contributed by atoms with Gasteiger partial charge in [-0.05, 0) is 17.2 Å². The molecule has 0 fully saturated rings. The molecule has 0 aliphatic heterocycles. The Balaban J connectivity index is 2.20. The fourth-order valence-electron chi connectivity index (χ4n) is 2.38. The van der Waals surface area contributed by atoms with E-state index in [1.54, 1.807) is 0 Å². The number of nitrogens with one attached hydrogen (secondary N) is 2. The number of carbonyl (C=O) groups excluding carboxylic acids is 2. The Bertz CT molecular complexity index is 674. The Morgan fingerprint density at radius 3 is 2.30 bits per heavy atom. The van der Waals surface area contributed by atoms with Crippen LogP contribution in [0, 0.1) is 0 Å². The summed E-state index contributed by atoms with van der Waals surface area (Å²) in [6.45, 7) is -0.0284. The minimum absolute atomic E-state index is 0.0284. The number of benzene rings is 2. The quantitative estimate of drug-likeness (QED) is 0.855. The van der Waals surface area contributed by atoms with Gasteiger partial charge in [0.1, 0.15) is 0 Å². The first-order chi connectivity index (χ1) is 11.1. The second kappa shape index (κ2) is 8.34. The van der Waals surface area contributed by atoms with E-state index in [1.165, 1.54) is 7.05 Å². The van der Waals surface area contributed by atoms with Crippen molar-refractivity contribution in [3.8, 4) is 0 Å². The minimum atomic E-state index is -0.229. The molecule has 0 aromatic heterocycles. The summed E-state index contributed by atoms with van der Waals surface area (Å²) in [5, 5.41) is 5.73. The summed E-state index contributed by atoms with van der Waals surface area (Å²) in [5.41, 5.74) is 1.91. The van der Waals surface area contributed by atoms with Gasteiger partial charge in [0.15, 0.2) is 0 Å². The topological polar surface area (TPSA) is 58.2 Å². The molecule has 120 valence electrons. The number of rotatable bonds is 6. The third-order valence-corrected chi connectivity index (χ3v) is 3.94. The zero-order chi connectivity index (χ0) is 16.7. The average Bonchev–Trinajstić information content (AvgIpc) is 2.59. The van der Waals surface area contributed by atoms with E-state index in [1.807, 2.05) is 54.6 Å². The van der Waals surface area contributed by atoms with Crippen molar-refractivity contribution in [3.63, 3.8) is 0 Å². The lowest BCUT2D eigenvalue weighted by atomic mass is 9.88. The van der Waals surface area contributed by atoms with Gasteiger partial charge in [-0.3, -0.25) is 9.59 Å². The van der Waals surface area contributed by atoms with Crippen LogP contribution in [0.1, 0.15) is 23.5 Å². The lowest BCUT2D eigenvalue weighted by Crippen LogP contribution is -2.35. The molecule has 0 unspecified atom stereocenters. The van der Waals surface area contributed by atoms with E-state index < -0.39 is 0 Å². The summed E-state index contributed by atoms with van der Waals surface area (Å²) in [5.74, 6) is -0.579. The Morgan fingerprint density at radius 2 is 1.65 bits per heavy atom. The zero-order valence-corrected chi connectivity index (χ0v) is 13.6. The molecule has 0 heterocycles. The Labute approximate surface area is 140 Å². The van der Waals surface area contributed by atoms with E-state index >= 15 is 0 Å². The summed E-state index contributed by atoms with van der Waals surface area (Å²) in [7, 11) is 1.53. The molecule has 2 aromatic carbocycles. The van der Waals surface area contributed by atoms with Crippen LogP contribution in [-0.4, -0.2) is 25.4 Å². The average molecular weight is 331 g/mol. The lowest BCUT2D eigenvalue weighted by Gasteiger charge is -2.19. The molecule has 0 aliphatic rings. The van der Waals surface area contributed by atoms with Crippen molar-refractivity contribution in [1.82, 2.24) is 10.6 Å². The number of likely N-dealkylation sites (N-methyl/N-ethyl adjacent to an activating group) is 1. The van der Waals surface area contributed by atoms with Crippen LogP contribution in [0.4, 0.5) is 0 Å². The van der Waals surface area contributed by atoms with Gasteiger partial charge in [-0.2, -0.15) is 0 Å². The van der Waals surface area contributed by atoms with Crippen LogP contribution in [0.25, 0.3) is 0 Å². The van der Waals surface area contributed by atoms with Gasteiger partial charge in [0.2, 0.25) is 11.8 Å². The Kier molecular flexibility index (Phi) is 6.18. The van der Waals surface area contributed by atoms with Gasteiger partial charge in [-0.1, -0.05) is 60.1 Å². The molecule has 2 rings (SSSR count). The second-order valence-electron chi connectivity index (χ2n) is 5.14. The van der Waals surface area contributed by atoms with Crippen molar-refractivity contribution in [3.05, 3.63) is 70.7 Å². The molecule has 2 amide bonds. The number of carbonyl (C=O) groups is 2. The van der Waals surface area contributed by atoms with Gasteiger partial charge in [-0.15, -0.1) is 0 Å². The van der Waals surface area contributed by atoms with E-state index in [9.17, 15) is 9.59 Å². The molecule has 23 heavy (non-hydrogen) atoms. The lowest BCUT2D eigenvalue weighted by molar-refractivity contribution is -0.126. The molecule has 4 nitrogen and oxygen atoms in total. The fraction of sp³-hybridized carbons (Fsp3) is 0.222. The van der Waals surface area contributed by atoms with Crippen LogP contribution in [0.3, 0.4) is 0 Å². The van der Waals surface area contributed by atoms with Gasteiger partial charge in [0, 0.05) is 24.4 Å². The number of hydrogen-bond donors (Lipinski definition) is 2. The third-order valence-electron chi connectivity index (χ3n) is 3.60. The highest BCUT2D eigenvalue weighted by molar-refractivity contribution is 6.31. The van der Waals surface area contributed by atoms with E-state index in [2.05, 4.69) is 10.6 Å². The SMILES string of the molecule is CNC(=O)CNC(=O)C[C@@H](c1ccccc1)c1ccccc1Cl. The largest absolute Gasteiger partial charge is 0.358 e. The third kappa shape index (κ3) is 4.83. The predicted molar refractivity (Wildman–Crippen MR) is 91.4 cm³/mol. The summed E-state index contributed by atoms with van der Waals surface area (Å²) in [6.07, 6.45) is 0.227. The van der Waals surface area contributed by atoms with Crippen molar-refractivity contribution in [1.29, 1.82) is 0 Å². The van der Waals surface area contributed by atoms with E-state index in [0.29, 0.717) is 5.02 Å². The van der Waals surface area contributed by atoms with Crippen molar-refractivity contribution in [2.24, 2.45) is 0 Å². The van der Waals surface area contributed by atoms with Crippen LogP contribution in [0.2, 0.25) is 5.02 Å². The highest BCUT2D eigenvalue weighted by Crippen LogP contribution is 2.32. The molecule has 0 bridgehead atoms. The smallest absolute Gasteiger partial charge is 0.239 e. The first-order valence-corrected chi connectivity index (χ1v) is 7.76. The molecule has 0 radical (unpaired) electrons. The molecule has 0 saturated heterocycles. The Morgan fingerprint density at radius 1 is 1.00 bits per heavy atom. The van der Waals surface area contributed by atoms with E-state index in [-0.39, 0.29) is 30.7 Å². The Hall–Kier alpha value is -2.33. The maximum absolute atomic E-state index is 12.2. The molecule has 1 atom stereocenters. The van der Waals surface area contributed by atoms with Gasteiger partial charge >= 0.3 is 0 Å². The molecule has 2 aromatic rings. The number of hydrogen-bond acceptors (Lipinski definition) is 2. The number of halogens is 1. The molecule has 2 N–H and O–H groups in total. The van der Waals surface area contributed by atoms with E-state index in [4.69, 9.17) is 11.6 Å². The van der Waals surface area contributed by atoms with Crippen molar-refractivity contribution < 1.29 is 9.59 Å². The maximum atomic E-state index is 12.2. The van der Waals surface area contributed by atoms with Gasteiger partial charge in [0.25, 0.3) is 0 Å². The first-order valence-electron chi connectivity index (χ1n) is 7.38. The predicted octanol–water partition coefficient (Wildman–Crippen LogP) is 2.72. The fourth-order valence-corrected chi connectivity index (χ4v) is 2.64. The van der Waals surface area contributed by atoms with Crippen LogP contribution in [0.15, 0.2) is 54.6 Å². The summed E-state index contributed by atoms with van der Waals surface area (Å²) < 4.78 is 0. The summed E-state index contributed by atoms with van der Waals surface area (Å²) in [6, 6.07) is 17.2. The molecule has 0 aliphatic carbocycles. The minimum Gasteiger partial charge on any atom is -0.358 e. The van der Waals surface area contributed by atoms with Crippen LogP contribution in [-0.2, 0) is 9.59 Å². The monoisotopic (exact) mass is 330 g/mol. The first kappa shape index (κ1) is 17.0. The maximum Gasteiger partial charge on any atom is 0.239 e. The van der Waals surface area contributed by atoms with Gasteiger partial charge in [0.05, 0.1) is 6.54 Å². The normalized spacial score (nSPS) is 11.6. The van der Waals surface area contributed by atoms with Crippen LogP contribution >= 0.6 is 11.6 Å². The standard InChI is InChI=1S/C18H19ClN2O2/c1-20-18(23)12-21-17(22)11-15(13-7-3-2-4-8-13)14-9-5-6-10-16(14)19/h2-10,15H,11-12H2,1H3,(H,20,23)(H,21,22)/t15-/m0/s1. The van der Waals surface area contributed by atoms with Gasteiger partial charge in [-0.25, -0.2) is 0 Å². The highest BCUT2D eigenvalue weighted by atomic mass is 35.5. The number of amides is 2. The highest BCUT2D eigenvalue weighted by Gasteiger charge is 2.20. The van der Waals surface area contributed by atoms with Crippen molar-refractivity contribution >= 4 is 23.4 Å². The molecule has 0 spiro atoms. The van der Waals surface area contributed by atoms with Crippen LogP contribution in [0.5, 0.6) is 0 Å². The molecule has 0 saturated carbocycles. The van der Waals surface area contributed by atoms with E-state index in [0.717, 1.165) is 11.1 Å². The molecule has 5 heteroatoms. The zero-order valence-electron chi connectivity index (χ0n) is 12.9. The summed E-state index contributed by atoms with van der Waals surface area (Å²) >= 11 is 6.31. The van der Waals surface area contributed by atoms with Crippen molar-refractivity contribution in [2.75, 3.05) is 13.6 Å².